The number of imide groups is 2. The Bertz CT molecular complexity index is 2350. The molecule has 7 aliphatic rings. The lowest BCUT2D eigenvalue weighted by Crippen LogP contribution is -2.57. The molecule has 2 aromatic carbocycles. The Labute approximate surface area is 358 Å². The molecule has 6 heterocycles. The van der Waals surface area contributed by atoms with Gasteiger partial charge in [0, 0.05) is 48.6 Å². The summed E-state index contributed by atoms with van der Waals surface area (Å²) in [6.07, 6.45) is 9.70. The summed E-state index contributed by atoms with van der Waals surface area (Å²) in [5.74, 6) is -0.152. The van der Waals surface area contributed by atoms with Gasteiger partial charge in [-0.25, -0.2) is 0 Å². The molecule has 2 saturated carbocycles. The standard InChI is InChI=1S/C45H47ClN8O7/c46-34-19-30(4-1-26(34)24-47)61-29-5-2-27(3-6-29)48-40(56)35-7-9-38(51-50-35)53-15-11-44(12-16-53)22-28(23-44)52-17-13-45(14-18-52)25-60-37-21-32-31(20-33(37)45)42(58)54(43(32)59)36-8-10-39(55)49-41(36)57/h1,4,7,9,19-21,27-29,36H,2-3,5-6,8,10-18,22-23,25H2,(H,48,56)(H,49,55,57). The van der Waals surface area contributed by atoms with Gasteiger partial charge >= 0.3 is 0 Å². The number of hydrogen-bond acceptors (Lipinski definition) is 12. The molecule has 1 unspecified atom stereocenters. The largest absolute Gasteiger partial charge is 0.492 e. The Morgan fingerprint density at radius 2 is 1.64 bits per heavy atom. The Morgan fingerprint density at radius 1 is 0.902 bits per heavy atom. The number of benzene rings is 2. The molecule has 3 saturated heterocycles. The number of ether oxygens (including phenoxy) is 2. The third-order valence-electron chi connectivity index (χ3n) is 14.6. The highest BCUT2D eigenvalue weighted by molar-refractivity contribution is 6.31. The Kier molecular flexibility index (Phi) is 9.98. The maximum atomic E-state index is 13.6. The van der Waals surface area contributed by atoms with Crippen molar-refractivity contribution in [2.75, 3.05) is 37.7 Å². The van der Waals surface area contributed by atoms with E-state index in [9.17, 15) is 24.0 Å². The third-order valence-corrected chi connectivity index (χ3v) is 14.9. The number of halogens is 1. The van der Waals surface area contributed by atoms with Gasteiger partial charge in [0.2, 0.25) is 11.8 Å². The number of aromatic nitrogens is 2. The summed E-state index contributed by atoms with van der Waals surface area (Å²) >= 11 is 6.16. The Morgan fingerprint density at radius 3 is 2.31 bits per heavy atom. The molecule has 16 heteroatoms. The van der Waals surface area contributed by atoms with Crippen molar-refractivity contribution in [1.29, 1.82) is 5.26 Å². The molecule has 1 atom stereocenters. The topological polar surface area (TPSA) is 187 Å². The van der Waals surface area contributed by atoms with E-state index in [4.69, 9.17) is 26.3 Å². The number of carbonyl (C=O) groups is 5. The van der Waals surface area contributed by atoms with Gasteiger partial charge in [0.05, 0.1) is 34.4 Å². The summed E-state index contributed by atoms with van der Waals surface area (Å²) in [6, 6.07) is 13.9. The zero-order chi connectivity index (χ0) is 42.0. The highest BCUT2D eigenvalue weighted by Crippen LogP contribution is 2.54. The summed E-state index contributed by atoms with van der Waals surface area (Å²) in [5, 5.41) is 23.6. The number of rotatable bonds is 7. The predicted octanol–water partition coefficient (Wildman–Crippen LogP) is 4.70. The minimum atomic E-state index is -0.995. The van der Waals surface area contributed by atoms with Gasteiger partial charge in [-0.3, -0.25) is 34.2 Å². The summed E-state index contributed by atoms with van der Waals surface area (Å²) in [4.78, 5) is 70.2. The molecule has 3 aromatic rings. The van der Waals surface area contributed by atoms with Crippen molar-refractivity contribution in [2.45, 2.75) is 107 Å². The molecule has 5 amide bonds. The van der Waals surface area contributed by atoms with Crippen LogP contribution in [0.3, 0.4) is 0 Å². The zero-order valence-corrected chi connectivity index (χ0v) is 34.5. The number of nitrogens with one attached hydrogen (secondary N) is 2. The number of anilines is 1. The summed E-state index contributed by atoms with van der Waals surface area (Å²) in [5.41, 5.74) is 2.37. The Hall–Kier alpha value is -5.59. The second kappa shape index (κ2) is 15.4. The van der Waals surface area contributed by atoms with E-state index in [1.807, 2.05) is 12.1 Å². The van der Waals surface area contributed by atoms with Gasteiger partial charge in [-0.05, 0) is 126 Å². The van der Waals surface area contributed by atoms with Crippen molar-refractivity contribution in [3.8, 4) is 17.6 Å². The van der Waals surface area contributed by atoms with E-state index in [2.05, 4.69) is 36.7 Å². The van der Waals surface area contributed by atoms with Crippen LogP contribution in [0.2, 0.25) is 5.02 Å². The van der Waals surface area contributed by atoms with Crippen LogP contribution in [0.15, 0.2) is 42.5 Å². The van der Waals surface area contributed by atoms with E-state index in [1.54, 1.807) is 30.3 Å². The number of carbonyl (C=O) groups excluding carboxylic acids is 5. The summed E-state index contributed by atoms with van der Waals surface area (Å²) in [6.45, 7) is 4.19. The molecule has 2 N–H and O–H groups in total. The van der Waals surface area contributed by atoms with Crippen molar-refractivity contribution in [1.82, 2.24) is 30.6 Å². The average Bonchev–Trinajstić information content (AvgIpc) is 3.72. The number of hydrogen-bond donors (Lipinski definition) is 2. The Balaban J connectivity index is 0.675. The van der Waals surface area contributed by atoms with Gasteiger partial charge in [0.25, 0.3) is 17.7 Å². The van der Waals surface area contributed by atoms with Gasteiger partial charge in [0.15, 0.2) is 11.5 Å². The fraction of sp³-hybridized carbons (Fsp3) is 0.511. The molecule has 0 radical (unpaired) electrons. The van der Waals surface area contributed by atoms with Crippen LogP contribution in [0.1, 0.15) is 119 Å². The first kappa shape index (κ1) is 39.5. The van der Waals surface area contributed by atoms with Crippen LogP contribution in [0.25, 0.3) is 0 Å². The lowest BCUT2D eigenvalue weighted by molar-refractivity contribution is -0.136. The molecule has 61 heavy (non-hydrogen) atoms. The maximum Gasteiger partial charge on any atom is 0.272 e. The van der Waals surface area contributed by atoms with Gasteiger partial charge in [-0.1, -0.05) is 11.6 Å². The van der Waals surface area contributed by atoms with Gasteiger partial charge in [-0.2, -0.15) is 5.26 Å². The van der Waals surface area contributed by atoms with Crippen molar-refractivity contribution < 1.29 is 33.4 Å². The molecule has 0 bridgehead atoms. The molecule has 5 fully saturated rings. The van der Waals surface area contributed by atoms with E-state index >= 15 is 0 Å². The molecule has 2 aliphatic carbocycles. The van der Waals surface area contributed by atoms with Crippen LogP contribution in [-0.4, -0.2) is 107 Å². The number of nitriles is 1. The van der Waals surface area contributed by atoms with E-state index in [1.165, 1.54) is 12.8 Å². The number of piperidine rings is 3. The first-order chi connectivity index (χ1) is 29.5. The summed E-state index contributed by atoms with van der Waals surface area (Å²) < 4.78 is 12.3. The molecule has 2 spiro atoms. The van der Waals surface area contributed by atoms with Crippen LogP contribution in [-0.2, 0) is 15.0 Å². The highest BCUT2D eigenvalue weighted by atomic mass is 35.5. The SMILES string of the molecule is N#Cc1ccc(OC2CCC(NC(=O)c3ccc(N4CCC5(CC4)CC(N4CCC6(CC4)COc4cc7c(cc46)C(=O)N(C4CCC(=O)NC4=O)C7=O)C5)nn3)CC2)cc1Cl. The minimum absolute atomic E-state index is 0.0198. The van der Waals surface area contributed by atoms with Crippen LogP contribution in [0, 0.1) is 16.7 Å². The second-order valence-corrected chi connectivity index (χ2v) is 18.5. The quantitative estimate of drug-likeness (QED) is 0.313. The highest BCUT2D eigenvalue weighted by Gasteiger charge is 2.52. The van der Waals surface area contributed by atoms with Crippen LogP contribution >= 0.6 is 11.6 Å². The number of amides is 5. The molecule has 15 nitrogen and oxygen atoms in total. The number of likely N-dealkylation sites (tertiary alicyclic amines) is 1. The minimum Gasteiger partial charge on any atom is -0.492 e. The van der Waals surface area contributed by atoms with Crippen molar-refractivity contribution in [3.63, 3.8) is 0 Å². The van der Waals surface area contributed by atoms with Gasteiger partial charge in [-0.15, -0.1) is 10.2 Å². The van der Waals surface area contributed by atoms with E-state index in [-0.39, 0.29) is 41.9 Å². The predicted molar refractivity (Wildman–Crippen MR) is 220 cm³/mol. The molecular formula is C45H47ClN8O7. The molecule has 10 rings (SSSR count). The average molecular weight is 847 g/mol. The first-order valence-electron chi connectivity index (χ1n) is 21.5. The van der Waals surface area contributed by atoms with Crippen molar-refractivity contribution in [2.24, 2.45) is 5.41 Å². The fourth-order valence-electron chi connectivity index (χ4n) is 10.9. The number of nitrogens with zero attached hydrogens (tertiary/aromatic N) is 6. The van der Waals surface area contributed by atoms with Crippen molar-refractivity contribution in [3.05, 3.63) is 75.4 Å². The van der Waals surface area contributed by atoms with Crippen LogP contribution in [0.4, 0.5) is 5.82 Å². The molecule has 316 valence electrons. The van der Waals surface area contributed by atoms with Crippen LogP contribution < -0.4 is 25.0 Å². The van der Waals surface area contributed by atoms with E-state index in [0.717, 1.165) is 93.8 Å². The number of fused-ring (bicyclic) bond motifs is 3. The lowest BCUT2D eigenvalue weighted by Gasteiger charge is -2.56. The molecule has 5 aliphatic heterocycles. The fourth-order valence-corrected chi connectivity index (χ4v) is 11.1. The van der Waals surface area contributed by atoms with E-state index < -0.39 is 29.7 Å². The second-order valence-electron chi connectivity index (χ2n) is 18.1. The van der Waals surface area contributed by atoms with Crippen LogP contribution in [0.5, 0.6) is 11.5 Å². The smallest absolute Gasteiger partial charge is 0.272 e. The monoisotopic (exact) mass is 846 g/mol. The lowest BCUT2D eigenvalue weighted by atomic mass is 9.59. The van der Waals surface area contributed by atoms with Crippen molar-refractivity contribution >= 4 is 47.0 Å². The third kappa shape index (κ3) is 7.17. The molecular weight excluding hydrogens is 800 g/mol. The zero-order valence-electron chi connectivity index (χ0n) is 33.8. The summed E-state index contributed by atoms with van der Waals surface area (Å²) in [7, 11) is 0. The first-order valence-corrected chi connectivity index (χ1v) is 21.9. The molecule has 1 aromatic heterocycles. The van der Waals surface area contributed by atoms with Gasteiger partial charge in [0.1, 0.15) is 23.6 Å². The van der Waals surface area contributed by atoms with Gasteiger partial charge < -0.3 is 24.6 Å². The van der Waals surface area contributed by atoms with E-state index in [0.29, 0.717) is 51.4 Å². The maximum absolute atomic E-state index is 13.6. The normalized spacial score (nSPS) is 25.7.